The number of nitrogens with zero attached hydrogens (tertiary/aromatic N) is 2. The molecule has 1 N–H and O–H groups in total. The molecule has 2 rings (SSSR count). The van der Waals surface area contributed by atoms with Crippen molar-refractivity contribution in [3.63, 3.8) is 0 Å². The molecule has 0 radical (unpaired) electrons. The van der Waals surface area contributed by atoms with Gasteiger partial charge in [-0.25, -0.2) is 4.99 Å². The molecule has 2 aromatic rings. The van der Waals surface area contributed by atoms with Crippen LogP contribution in [0.2, 0.25) is 5.02 Å². The Bertz CT molecular complexity index is 1210. The zero-order valence-corrected chi connectivity index (χ0v) is 21.8. The molecule has 0 unspecified atom stereocenters. The first-order chi connectivity index (χ1) is 17.3. The highest BCUT2D eigenvalue weighted by Gasteiger charge is 2.34. The van der Waals surface area contributed by atoms with E-state index in [9.17, 15) is 23.2 Å². The normalized spacial score (nSPS) is 14.4. The largest absolute Gasteiger partial charge is 0.462 e. The minimum absolute atomic E-state index is 0.209. The number of nitrogens with one attached hydrogen (secondary N) is 1. The SMILES string of the molecule is C=N/C(=C\C=C(/C)C(F)(F)F)OC(C)(C)C(=O)N[C@@H](C)[C@H](Cc1ccc(Cl)cc1)c1cccc(C#N)c1. The molecule has 2 aromatic carbocycles. The number of nitriles is 1. The molecule has 0 aliphatic rings. The number of allylic oxidation sites excluding steroid dienone is 3. The molecule has 0 spiro atoms. The Morgan fingerprint density at radius 3 is 2.43 bits per heavy atom. The third-order valence-corrected chi connectivity index (χ3v) is 6.01. The van der Waals surface area contributed by atoms with E-state index in [1.165, 1.54) is 13.8 Å². The third kappa shape index (κ3) is 8.80. The summed E-state index contributed by atoms with van der Waals surface area (Å²) in [6, 6.07) is 16.2. The number of amides is 1. The van der Waals surface area contributed by atoms with Gasteiger partial charge in [0.2, 0.25) is 5.88 Å². The van der Waals surface area contributed by atoms with E-state index in [1.54, 1.807) is 30.3 Å². The van der Waals surface area contributed by atoms with Crippen molar-refractivity contribution in [2.75, 3.05) is 0 Å². The summed E-state index contributed by atoms with van der Waals surface area (Å²) >= 11 is 6.02. The van der Waals surface area contributed by atoms with Gasteiger partial charge in [0.05, 0.1) is 11.6 Å². The number of hydrogen-bond donors (Lipinski definition) is 1. The summed E-state index contributed by atoms with van der Waals surface area (Å²) in [5, 5.41) is 12.9. The van der Waals surface area contributed by atoms with Crippen LogP contribution < -0.4 is 5.32 Å². The number of ether oxygens (including phenoxy) is 1. The molecule has 2 atom stereocenters. The van der Waals surface area contributed by atoms with Crippen molar-refractivity contribution in [2.24, 2.45) is 4.99 Å². The van der Waals surface area contributed by atoms with Gasteiger partial charge in [-0.15, -0.1) is 0 Å². The zero-order valence-electron chi connectivity index (χ0n) is 21.1. The minimum Gasteiger partial charge on any atom is -0.462 e. The number of carbonyl (C=O) groups is 1. The van der Waals surface area contributed by atoms with E-state index in [-0.39, 0.29) is 11.8 Å². The van der Waals surface area contributed by atoms with Gasteiger partial charge in [-0.3, -0.25) is 4.79 Å². The molecular formula is C28H29ClF3N3O2. The van der Waals surface area contributed by atoms with Gasteiger partial charge >= 0.3 is 6.18 Å². The molecule has 0 aliphatic carbocycles. The van der Waals surface area contributed by atoms with Crippen LogP contribution >= 0.6 is 11.6 Å². The summed E-state index contributed by atoms with van der Waals surface area (Å²) in [7, 11) is 0. The summed E-state index contributed by atoms with van der Waals surface area (Å²) in [4.78, 5) is 16.8. The molecule has 0 saturated heterocycles. The number of carbonyl (C=O) groups excluding carboxylic acids is 1. The smallest absolute Gasteiger partial charge is 0.412 e. The third-order valence-electron chi connectivity index (χ3n) is 5.76. The average Bonchev–Trinajstić information content (AvgIpc) is 2.85. The standard InChI is InChI=1S/C28H29ClF3N3O2/c1-18(28(30,31)32)9-14-25(34-5)37-27(3,4)26(36)35-19(2)24(16-20-10-12-23(29)13-11-20)22-8-6-7-21(15-22)17-33/h6-15,19,24H,5,16H2,1-4H3,(H,35,36)/b18-9+,25-14+/t19-,24-/m0/s1. The maximum atomic E-state index is 13.2. The lowest BCUT2D eigenvalue weighted by Crippen LogP contribution is -2.49. The topological polar surface area (TPSA) is 74.5 Å². The van der Waals surface area contributed by atoms with Crippen LogP contribution in [-0.4, -0.2) is 30.4 Å². The van der Waals surface area contributed by atoms with Gasteiger partial charge in [-0.1, -0.05) is 35.9 Å². The number of benzene rings is 2. The Labute approximate surface area is 220 Å². The van der Waals surface area contributed by atoms with Crippen molar-refractivity contribution in [3.8, 4) is 6.07 Å². The molecule has 5 nitrogen and oxygen atoms in total. The second-order valence-corrected chi connectivity index (χ2v) is 9.50. The molecule has 0 bridgehead atoms. The van der Waals surface area contributed by atoms with Crippen molar-refractivity contribution in [2.45, 2.75) is 57.9 Å². The first-order valence-corrected chi connectivity index (χ1v) is 11.8. The van der Waals surface area contributed by atoms with Crippen LogP contribution in [0.1, 0.15) is 50.3 Å². The van der Waals surface area contributed by atoms with Crippen LogP contribution in [-0.2, 0) is 16.0 Å². The van der Waals surface area contributed by atoms with Crippen LogP contribution in [0.5, 0.6) is 0 Å². The predicted molar refractivity (Wildman–Crippen MR) is 139 cm³/mol. The van der Waals surface area contributed by atoms with E-state index >= 15 is 0 Å². The molecule has 196 valence electrons. The summed E-state index contributed by atoms with van der Waals surface area (Å²) in [6.07, 6.45) is -2.11. The highest BCUT2D eigenvalue weighted by Crippen LogP contribution is 2.28. The van der Waals surface area contributed by atoms with E-state index < -0.39 is 29.3 Å². The van der Waals surface area contributed by atoms with E-state index in [0.717, 1.165) is 30.2 Å². The van der Waals surface area contributed by atoms with Gasteiger partial charge in [0, 0.05) is 28.6 Å². The summed E-state index contributed by atoms with van der Waals surface area (Å²) in [6.45, 7) is 9.05. The monoisotopic (exact) mass is 531 g/mol. The number of rotatable bonds is 10. The van der Waals surface area contributed by atoms with E-state index in [1.807, 2.05) is 25.1 Å². The zero-order chi connectivity index (χ0) is 27.8. The Balaban J connectivity index is 2.27. The van der Waals surface area contributed by atoms with Gasteiger partial charge in [-0.05, 0) is 82.3 Å². The molecular weight excluding hydrogens is 503 g/mol. The van der Waals surface area contributed by atoms with Crippen molar-refractivity contribution < 1.29 is 22.7 Å². The van der Waals surface area contributed by atoms with Crippen LogP contribution in [0.4, 0.5) is 13.2 Å². The highest BCUT2D eigenvalue weighted by atomic mass is 35.5. The minimum atomic E-state index is -4.49. The molecule has 37 heavy (non-hydrogen) atoms. The van der Waals surface area contributed by atoms with E-state index in [0.29, 0.717) is 17.0 Å². The van der Waals surface area contributed by atoms with Crippen LogP contribution in [0, 0.1) is 11.3 Å². The second kappa shape index (κ2) is 12.6. The van der Waals surface area contributed by atoms with Crippen LogP contribution in [0.3, 0.4) is 0 Å². The Morgan fingerprint density at radius 2 is 1.86 bits per heavy atom. The maximum Gasteiger partial charge on any atom is 0.412 e. The summed E-state index contributed by atoms with van der Waals surface area (Å²) in [5.74, 6) is -0.932. The van der Waals surface area contributed by atoms with Crippen LogP contribution in [0.15, 0.2) is 77.1 Å². The van der Waals surface area contributed by atoms with Crippen molar-refractivity contribution in [1.29, 1.82) is 5.26 Å². The second-order valence-electron chi connectivity index (χ2n) is 9.06. The fraction of sp³-hybridized carbons (Fsp3) is 0.321. The Morgan fingerprint density at radius 1 is 1.22 bits per heavy atom. The number of halogens is 4. The van der Waals surface area contributed by atoms with Gasteiger partial charge in [-0.2, -0.15) is 18.4 Å². The predicted octanol–water partition coefficient (Wildman–Crippen LogP) is 6.89. The van der Waals surface area contributed by atoms with E-state index in [2.05, 4.69) is 23.1 Å². The molecule has 1 amide bonds. The van der Waals surface area contributed by atoms with Gasteiger partial charge in [0.15, 0.2) is 5.60 Å². The van der Waals surface area contributed by atoms with Gasteiger partial charge in [0.25, 0.3) is 5.91 Å². The summed E-state index contributed by atoms with van der Waals surface area (Å²) < 4.78 is 44.0. The lowest BCUT2D eigenvalue weighted by atomic mass is 9.85. The first-order valence-electron chi connectivity index (χ1n) is 11.4. The fourth-order valence-corrected chi connectivity index (χ4v) is 3.62. The van der Waals surface area contributed by atoms with Gasteiger partial charge in [0.1, 0.15) is 0 Å². The Kier molecular flexibility index (Phi) is 10.1. The number of alkyl halides is 3. The van der Waals surface area contributed by atoms with Crippen molar-refractivity contribution in [3.05, 3.63) is 93.9 Å². The first kappa shape index (κ1) is 29.7. The fourth-order valence-electron chi connectivity index (χ4n) is 3.50. The van der Waals surface area contributed by atoms with E-state index in [4.69, 9.17) is 16.3 Å². The average molecular weight is 532 g/mol. The molecule has 0 aliphatic heterocycles. The number of hydrogen-bond acceptors (Lipinski definition) is 4. The molecule has 0 fully saturated rings. The van der Waals surface area contributed by atoms with Crippen molar-refractivity contribution >= 4 is 24.2 Å². The lowest BCUT2D eigenvalue weighted by molar-refractivity contribution is -0.139. The molecule has 0 saturated carbocycles. The highest BCUT2D eigenvalue weighted by molar-refractivity contribution is 6.30. The quantitative estimate of drug-likeness (QED) is 0.206. The molecule has 0 heterocycles. The molecule has 0 aromatic heterocycles. The Hall–Kier alpha value is -3.57. The maximum absolute atomic E-state index is 13.2. The number of aliphatic imine (C=N–C) groups is 1. The lowest BCUT2D eigenvalue weighted by Gasteiger charge is -2.31. The van der Waals surface area contributed by atoms with Gasteiger partial charge < -0.3 is 10.1 Å². The molecule has 9 heteroatoms. The van der Waals surface area contributed by atoms with Crippen LogP contribution in [0.25, 0.3) is 0 Å². The summed E-state index contributed by atoms with van der Waals surface area (Å²) in [5.41, 5.74) is 0.0242. The van der Waals surface area contributed by atoms with Crippen molar-refractivity contribution in [1.82, 2.24) is 5.32 Å².